The Morgan fingerprint density at radius 2 is 1.51 bits per heavy atom. The highest BCUT2D eigenvalue weighted by atomic mass is 32.2. The second-order valence-corrected chi connectivity index (χ2v) is 11.7. The van der Waals surface area contributed by atoms with Crippen LogP contribution < -0.4 is 9.62 Å². The molecule has 3 rings (SSSR count). The monoisotopic (exact) mass is 553 g/mol. The molecule has 39 heavy (non-hydrogen) atoms. The van der Waals surface area contributed by atoms with Crippen molar-refractivity contribution in [3.63, 3.8) is 0 Å². The van der Waals surface area contributed by atoms with Crippen LogP contribution in [0.2, 0.25) is 0 Å². The summed E-state index contributed by atoms with van der Waals surface area (Å²) in [5.74, 6) is -1.34. The molecule has 3 aromatic rings. The number of rotatable bonds is 11. The van der Waals surface area contributed by atoms with Crippen LogP contribution in [-0.2, 0) is 26.2 Å². The van der Waals surface area contributed by atoms with Crippen molar-refractivity contribution in [2.45, 2.75) is 64.6 Å². The van der Waals surface area contributed by atoms with Gasteiger partial charge in [-0.2, -0.15) is 0 Å². The largest absolute Gasteiger partial charge is 0.352 e. The topological polar surface area (TPSA) is 86.8 Å². The van der Waals surface area contributed by atoms with Gasteiger partial charge in [0.2, 0.25) is 11.8 Å². The Hall–Kier alpha value is -3.72. The molecular formula is C30H36FN3O4S. The fourth-order valence-corrected chi connectivity index (χ4v) is 5.60. The van der Waals surface area contributed by atoms with Crippen LogP contribution in [0.3, 0.4) is 0 Å². The molecule has 0 aromatic heterocycles. The molecule has 0 spiro atoms. The number of anilines is 1. The summed E-state index contributed by atoms with van der Waals surface area (Å²) < 4.78 is 42.3. The standard InChI is InChI=1S/C30H36FN3O4S/c1-6-23(4)32-30(36)24(5)33(19-25-12-14-26(31)15-13-25)29(35)20-34(27-17-21(2)16-22(3)18-27)39(37,38)28-10-8-7-9-11-28/h7-18,23-24H,6,19-20H2,1-5H3,(H,32,36)/t23-,24+/m0/s1. The first-order valence-corrected chi connectivity index (χ1v) is 14.4. The number of nitrogens with zero attached hydrogens (tertiary/aromatic N) is 2. The van der Waals surface area contributed by atoms with E-state index in [0.717, 1.165) is 15.4 Å². The predicted molar refractivity (Wildman–Crippen MR) is 151 cm³/mol. The molecule has 208 valence electrons. The van der Waals surface area contributed by atoms with Gasteiger partial charge >= 0.3 is 0 Å². The number of hydrogen-bond acceptors (Lipinski definition) is 4. The van der Waals surface area contributed by atoms with Crippen molar-refractivity contribution in [2.24, 2.45) is 0 Å². The van der Waals surface area contributed by atoms with E-state index in [9.17, 15) is 22.4 Å². The third-order valence-corrected chi connectivity index (χ3v) is 8.33. The Bertz CT molecular complexity index is 1380. The van der Waals surface area contributed by atoms with Gasteiger partial charge in [-0.05, 0) is 87.2 Å². The zero-order valence-corrected chi connectivity index (χ0v) is 23.8. The van der Waals surface area contributed by atoms with Crippen molar-refractivity contribution >= 4 is 27.5 Å². The van der Waals surface area contributed by atoms with E-state index >= 15 is 0 Å². The maximum absolute atomic E-state index is 13.9. The highest BCUT2D eigenvalue weighted by Gasteiger charge is 2.33. The minimum Gasteiger partial charge on any atom is -0.352 e. The van der Waals surface area contributed by atoms with Gasteiger partial charge in [0.1, 0.15) is 18.4 Å². The van der Waals surface area contributed by atoms with E-state index in [1.165, 1.54) is 41.3 Å². The summed E-state index contributed by atoms with van der Waals surface area (Å²) in [5.41, 5.74) is 2.64. The van der Waals surface area contributed by atoms with Gasteiger partial charge in [-0.1, -0.05) is 43.3 Å². The molecule has 7 nitrogen and oxygen atoms in total. The quantitative estimate of drug-likeness (QED) is 0.363. The van der Waals surface area contributed by atoms with E-state index < -0.39 is 34.3 Å². The van der Waals surface area contributed by atoms with Gasteiger partial charge in [-0.15, -0.1) is 0 Å². The van der Waals surface area contributed by atoms with Crippen molar-refractivity contribution < 1.29 is 22.4 Å². The molecular weight excluding hydrogens is 517 g/mol. The van der Waals surface area contributed by atoms with E-state index in [-0.39, 0.29) is 23.4 Å². The van der Waals surface area contributed by atoms with E-state index in [0.29, 0.717) is 17.7 Å². The highest BCUT2D eigenvalue weighted by Crippen LogP contribution is 2.26. The van der Waals surface area contributed by atoms with Crippen molar-refractivity contribution in [3.05, 3.63) is 95.3 Å². The lowest BCUT2D eigenvalue weighted by Crippen LogP contribution is -2.52. The van der Waals surface area contributed by atoms with Gasteiger partial charge in [0.15, 0.2) is 0 Å². The van der Waals surface area contributed by atoms with Gasteiger partial charge in [0.25, 0.3) is 10.0 Å². The summed E-state index contributed by atoms with van der Waals surface area (Å²) in [4.78, 5) is 28.4. The molecule has 0 saturated heterocycles. The third-order valence-electron chi connectivity index (χ3n) is 6.54. The lowest BCUT2D eigenvalue weighted by atomic mass is 10.1. The summed E-state index contributed by atoms with van der Waals surface area (Å²) in [6, 6.07) is 17.9. The maximum atomic E-state index is 13.9. The molecule has 0 radical (unpaired) electrons. The molecule has 0 heterocycles. The molecule has 0 aliphatic carbocycles. The third kappa shape index (κ3) is 7.66. The fraction of sp³-hybridized carbons (Fsp3) is 0.333. The Labute approximate surface area is 230 Å². The van der Waals surface area contributed by atoms with Gasteiger partial charge < -0.3 is 10.2 Å². The van der Waals surface area contributed by atoms with E-state index in [1.807, 2.05) is 33.8 Å². The highest BCUT2D eigenvalue weighted by molar-refractivity contribution is 7.92. The van der Waals surface area contributed by atoms with Gasteiger partial charge in [0.05, 0.1) is 10.6 Å². The summed E-state index contributed by atoms with van der Waals surface area (Å²) in [6.07, 6.45) is 0.709. The first-order chi connectivity index (χ1) is 18.4. The number of halogens is 1. The van der Waals surface area contributed by atoms with E-state index in [4.69, 9.17) is 0 Å². The normalized spacial score (nSPS) is 12.9. The SMILES string of the molecule is CC[C@H](C)NC(=O)[C@@H](C)N(Cc1ccc(F)cc1)C(=O)CN(c1cc(C)cc(C)c1)S(=O)(=O)c1ccccc1. The first kappa shape index (κ1) is 29.8. The Morgan fingerprint density at radius 1 is 0.923 bits per heavy atom. The number of carbonyl (C=O) groups is 2. The zero-order chi connectivity index (χ0) is 28.7. The van der Waals surface area contributed by atoms with Crippen LogP contribution in [0.15, 0.2) is 77.7 Å². The Balaban J connectivity index is 2.04. The van der Waals surface area contributed by atoms with Crippen LogP contribution in [0.5, 0.6) is 0 Å². The first-order valence-electron chi connectivity index (χ1n) is 12.9. The second kappa shape index (κ2) is 12.9. The number of nitrogens with one attached hydrogen (secondary N) is 1. The summed E-state index contributed by atoms with van der Waals surface area (Å²) >= 11 is 0. The van der Waals surface area contributed by atoms with Crippen LogP contribution in [0.25, 0.3) is 0 Å². The molecule has 0 saturated carbocycles. The van der Waals surface area contributed by atoms with E-state index in [1.54, 1.807) is 37.3 Å². The summed E-state index contributed by atoms with van der Waals surface area (Å²) in [7, 11) is -4.13. The molecule has 2 atom stereocenters. The van der Waals surface area contributed by atoms with Crippen molar-refractivity contribution in [1.82, 2.24) is 10.2 Å². The smallest absolute Gasteiger partial charge is 0.264 e. The number of aryl methyl sites for hydroxylation is 2. The van der Waals surface area contributed by atoms with Crippen molar-refractivity contribution in [2.75, 3.05) is 10.8 Å². The van der Waals surface area contributed by atoms with Crippen LogP contribution in [0.1, 0.15) is 43.9 Å². The molecule has 0 unspecified atom stereocenters. The fourth-order valence-electron chi connectivity index (χ4n) is 4.18. The molecule has 0 aliphatic rings. The maximum Gasteiger partial charge on any atom is 0.264 e. The minimum absolute atomic E-state index is 0.000274. The molecule has 1 N–H and O–H groups in total. The Kier molecular flexibility index (Phi) is 9.86. The average molecular weight is 554 g/mol. The average Bonchev–Trinajstić information content (AvgIpc) is 2.90. The van der Waals surface area contributed by atoms with Crippen LogP contribution in [0, 0.1) is 19.7 Å². The zero-order valence-electron chi connectivity index (χ0n) is 23.0. The van der Waals surface area contributed by atoms with Crippen LogP contribution in [0.4, 0.5) is 10.1 Å². The number of amides is 2. The van der Waals surface area contributed by atoms with Gasteiger partial charge in [-0.3, -0.25) is 13.9 Å². The van der Waals surface area contributed by atoms with Crippen molar-refractivity contribution in [1.29, 1.82) is 0 Å². The Morgan fingerprint density at radius 3 is 2.08 bits per heavy atom. The van der Waals surface area contributed by atoms with Crippen molar-refractivity contribution in [3.8, 4) is 0 Å². The number of benzene rings is 3. The minimum atomic E-state index is -4.13. The lowest BCUT2D eigenvalue weighted by Gasteiger charge is -2.32. The molecule has 0 bridgehead atoms. The molecule has 0 fully saturated rings. The summed E-state index contributed by atoms with van der Waals surface area (Å²) in [5, 5.41) is 2.89. The second-order valence-electron chi connectivity index (χ2n) is 9.81. The van der Waals surface area contributed by atoms with Crippen LogP contribution >= 0.6 is 0 Å². The van der Waals surface area contributed by atoms with Crippen LogP contribution in [-0.4, -0.2) is 43.8 Å². The predicted octanol–water partition coefficient (Wildman–Crippen LogP) is 4.97. The summed E-state index contributed by atoms with van der Waals surface area (Å²) in [6.45, 7) is 8.59. The number of hydrogen-bond donors (Lipinski definition) is 1. The molecule has 9 heteroatoms. The molecule has 2 amide bonds. The van der Waals surface area contributed by atoms with Gasteiger partial charge in [0, 0.05) is 12.6 Å². The van der Waals surface area contributed by atoms with Gasteiger partial charge in [-0.25, -0.2) is 12.8 Å². The van der Waals surface area contributed by atoms with E-state index in [2.05, 4.69) is 5.32 Å². The lowest BCUT2D eigenvalue weighted by molar-refractivity contribution is -0.139. The number of carbonyl (C=O) groups excluding carboxylic acids is 2. The molecule has 0 aliphatic heterocycles. The number of sulfonamides is 1. The molecule has 3 aromatic carbocycles.